The van der Waals surface area contributed by atoms with Crippen molar-refractivity contribution in [2.45, 2.75) is 19.9 Å². The third-order valence-corrected chi connectivity index (χ3v) is 2.93. The zero-order valence-electron chi connectivity index (χ0n) is 11.0. The Kier molecular flexibility index (Phi) is 3.88. The summed E-state index contributed by atoms with van der Waals surface area (Å²) >= 11 is 0. The molecular formula is C13H13FN4O2. The Bertz CT molecular complexity index is 636. The van der Waals surface area contributed by atoms with E-state index in [4.69, 9.17) is 0 Å². The topological polar surface area (TPSA) is 76.9 Å². The first-order chi connectivity index (χ1) is 9.52. The minimum atomic E-state index is -0.638. The molecule has 1 amide bonds. The summed E-state index contributed by atoms with van der Waals surface area (Å²) in [5, 5.41) is 10.1. The van der Waals surface area contributed by atoms with Crippen molar-refractivity contribution in [1.82, 2.24) is 15.0 Å². The van der Waals surface area contributed by atoms with Crippen LogP contribution in [0.3, 0.4) is 0 Å². The van der Waals surface area contributed by atoms with Crippen LogP contribution in [0.5, 0.6) is 0 Å². The summed E-state index contributed by atoms with van der Waals surface area (Å²) in [5.41, 5.74) is 1.20. The second-order valence-electron chi connectivity index (χ2n) is 4.29. The molecule has 7 heteroatoms. The molecule has 0 aliphatic carbocycles. The molecule has 6 nitrogen and oxygen atoms in total. The van der Waals surface area contributed by atoms with E-state index in [1.807, 2.05) is 0 Å². The van der Waals surface area contributed by atoms with Crippen LogP contribution in [0.15, 0.2) is 24.3 Å². The highest BCUT2D eigenvalue weighted by molar-refractivity contribution is 5.93. The van der Waals surface area contributed by atoms with Crippen LogP contribution in [0.1, 0.15) is 29.1 Å². The molecule has 1 heterocycles. The standard InChI is InChI=1S/C13H13FN4O2/c1-8-12(7-19)16-17-18(8)9(2)13(20)15-11-5-3-10(14)4-6-11/h3-7,9H,1-2H3,(H,15,20). The second-order valence-corrected chi connectivity index (χ2v) is 4.29. The average Bonchev–Trinajstić information content (AvgIpc) is 2.81. The lowest BCUT2D eigenvalue weighted by Gasteiger charge is -2.13. The third-order valence-electron chi connectivity index (χ3n) is 2.93. The summed E-state index contributed by atoms with van der Waals surface area (Å²) in [6, 6.07) is 4.80. The normalized spacial score (nSPS) is 11.9. The van der Waals surface area contributed by atoms with Gasteiger partial charge in [-0.05, 0) is 38.1 Å². The van der Waals surface area contributed by atoms with Gasteiger partial charge >= 0.3 is 0 Å². The first-order valence-corrected chi connectivity index (χ1v) is 5.96. The summed E-state index contributed by atoms with van der Waals surface area (Å²) in [6.07, 6.45) is 0.587. The van der Waals surface area contributed by atoms with Gasteiger partial charge < -0.3 is 5.32 Å². The van der Waals surface area contributed by atoms with Gasteiger partial charge in [0.05, 0.1) is 5.69 Å². The first kappa shape index (κ1) is 13.9. The van der Waals surface area contributed by atoms with Crippen LogP contribution in [0.25, 0.3) is 0 Å². The second kappa shape index (κ2) is 5.60. The van der Waals surface area contributed by atoms with Crippen LogP contribution in [0.4, 0.5) is 10.1 Å². The Hall–Kier alpha value is -2.57. The molecule has 1 N–H and O–H groups in total. The number of aldehydes is 1. The predicted octanol–water partition coefficient (Wildman–Crippen LogP) is 1.74. The van der Waals surface area contributed by atoms with Crippen molar-refractivity contribution >= 4 is 17.9 Å². The molecule has 0 aliphatic heterocycles. The van der Waals surface area contributed by atoms with E-state index in [9.17, 15) is 14.0 Å². The maximum atomic E-state index is 12.8. The highest BCUT2D eigenvalue weighted by Crippen LogP contribution is 2.14. The number of benzene rings is 1. The van der Waals surface area contributed by atoms with Gasteiger partial charge in [-0.25, -0.2) is 9.07 Å². The molecule has 0 spiro atoms. The molecular weight excluding hydrogens is 263 g/mol. The summed E-state index contributed by atoms with van der Waals surface area (Å²) in [6.45, 7) is 3.29. The number of nitrogens with zero attached hydrogens (tertiary/aromatic N) is 3. The molecule has 2 rings (SSSR count). The number of rotatable bonds is 4. The van der Waals surface area contributed by atoms with Crippen molar-refractivity contribution in [1.29, 1.82) is 0 Å². The summed E-state index contributed by atoms with van der Waals surface area (Å²) in [5.74, 6) is -0.708. The zero-order chi connectivity index (χ0) is 14.7. The number of hydrogen-bond donors (Lipinski definition) is 1. The quantitative estimate of drug-likeness (QED) is 0.863. The van der Waals surface area contributed by atoms with Crippen LogP contribution in [0.2, 0.25) is 0 Å². The number of aromatic nitrogens is 3. The number of nitrogens with one attached hydrogen (secondary N) is 1. The van der Waals surface area contributed by atoms with E-state index in [-0.39, 0.29) is 17.4 Å². The highest BCUT2D eigenvalue weighted by Gasteiger charge is 2.20. The van der Waals surface area contributed by atoms with E-state index < -0.39 is 6.04 Å². The van der Waals surface area contributed by atoms with E-state index in [1.165, 1.54) is 28.9 Å². The first-order valence-electron chi connectivity index (χ1n) is 5.96. The monoisotopic (exact) mass is 276 g/mol. The van der Waals surface area contributed by atoms with Crippen LogP contribution >= 0.6 is 0 Å². The Balaban J connectivity index is 2.14. The van der Waals surface area contributed by atoms with Crippen molar-refractivity contribution in [2.75, 3.05) is 5.32 Å². The number of carbonyl (C=O) groups excluding carboxylic acids is 2. The van der Waals surface area contributed by atoms with E-state index in [2.05, 4.69) is 15.6 Å². The van der Waals surface area contributed by atoms with E-state index in [0.29, 0.717) is 17.7 Å². The Labute approximate surface area is 114 Å². The van der Waals surface area contributed by atoms with E-state index in [0.717, 1.165) is 0 Å². The molecule has 0 saturated carbocycles. The zero-order valence-corrected chi connectivity index (χ0v) is 11.0. The molecule has 1 aromatic heterocycles. The van der Waals surface area contributed by atoms with Gasteiger partial charge in [0, 0.05) is 5.69 Å². The number of anilines is 1. The average molecular weight is 276 g/mol. The minimum Gasteiger partial charge on any atom is -0.324 e. The molecule has 2 aromatic rings. The largest absolute Gasteiger partial charge is 0.324 e. The maximum Gasteiger partial charge on any atom is 0.249 e. The van der Waals surface area contributed by atoms with E-state index >= 15 is 0 Å². The van der Waals surface area contributed by atoms with Gasteiger partial charge in [-0.15, -0.1) is 5.10 Å². The molecule has 0 radical (unpaired) electrons. The lowest BCUT2D eigenvalue weighted by atomic mass is 10.2. The van der Waals surface area contributed by atoms with Gasteiger partial charge in [0.1, 0.15) is 17.6 Å². The van der Waals surface area contributed by atoms with Crippen molar-refractivity contribution in [3.05, 3.63) is 41.5 Å². The molecule has 1 atom stereocenters. The summed E-state index contributed by atoms with van der Waals surface area (Å²) in [4.78, 5) is 22.8. The number of halogens is 1. The number of amides is 1. The lowest BCUT2D eigenvalue weighted by molar-refractivity contribution is -0.119. The van der Waals surface area contributed by atoms with Gasteiger partial charge in [0.15, 0.2) is 6.29 Å². The lowest BCUT2D eigenvalue weighted by Crippen LogP contribution is -2.25. The fraction of sp³-hybridized carbons (Fsp3) is 0.231. The smallest absolute Gasteiger partial charge is 0.249 e. The molecule has 104 valence electrons. The Morgan fingerprint density at radius 2 is 2.05 bits per heavy atom. The third kappa shape index (κ3) is 2.71. The molecule has 0 saturated heterocycles. The van der Waals surface area contributed by atoms with Crippen LogP contribution in [-0.2, 0) is 4.79 Å². The Morgan fingerprint density at radius 3 is 2.60 bits per heavy atom. The fourth-order valence-corrected chi connectivity index (χ4v) is 1.72. The summed E-state index contributed by atoms with van der Waals surface area (Å²) < 4.78 is 14.1. The van der Waals surface area contributed by atoms with Crippen molar-refractivity contribution < 1.29 is 14.0 Å². The fourth-order valence-electron chi connectivity index (χ4n) is 1.72. The SMILES string of the molecule is Cc1c(C=O)nnn1C(C)C(=O)Nc1ccc(F)cc1. The van der Waals surface area contributed by atoms with Crippen LogP contribution in [0, 0.1) is 12.7 Å². The molecule has 20 heavy (non-hydrogen) atoms. The Morgan fingerprint density at radius 1 is 1.40 bits per heavy atom. The van der Waals surface area contributed by atoms with Crippen molar-refractivity contribution in [3.8, 4) is 0 Å². The maximum absolute atomic E-state index is 12.8. The predicted molar refractivity (Wildman–Crippen MR) is 69.9 cm³/mol. The summed E-state index contributed by atoms with van der Waals surface area (Å²) in [7, 11) is 0. The van der Waals surface area contributed by atoms with Gasteiger partial charge in [-0.1, -0.05) is 5.21 Å². The van der Waals surface area contributed by atoms with Crippen molar-refractivity contribution in [2.24, 2.45) is 0 Å². The molecule has 0 aliphatic rings. The molecule has 0 fully saturated rings. The van der Waals surface area contributed by atoms with Gasteiger partial charge in [-0.2, -0.15) is 0 Å². The van der Waals surface area contributed by atoms with E-state index in [1.54, 1.807) is 13.8 Å². The molecule has 1 unspecified atom stereocenters. The molecule has 0 bridgehead atoms. The van der Waals surface area contributed by atoms with Gasteiger partial charge in [0.25, 0.3) is 0 Å². The van der Waals surface area contributed by atoms with Crippen LogP contribution < -0.4 is 5.32 Å². The van der Waals surface area contributed by atoms with Gasteiger partial charge in [-0.3, -0.25) is 9.59 Å². The van der Waals surface area contributed by atoms with Crippen molar-refractivity contribution in [3.63, 3.8) is 0 Å². The van der Waals surface area contributed by atoms with Crippen LogP contribution in [-0.4, -0.2) is 27.2 Å². The highest BCUT2D eigenvalue weighted by atomic mass is 19.1. The van der Waals surface area contributed by atoms with Gasteiger partial charge in [0.2, 0.25) is 5.91 Å². The number of hydrogen-bond acceptors (Lipinski definition) is 4. The number of carbonyl (C=O) groups is 2. The molecule has 1 aromatic carbocycles. The minimum absolute atomic E-state index is 0.200.